The Hall–Kier alpha value is -3.33. The summed E-state index contributed by atoms with van der Waals surface area (Å²) in [5, 5.41) is 14.6. The molecule has 1 unspecified atom stereocenters. The molecule has 0 bridgehead atoms. The van der Waals surface area contributed by atoms with Gasteiger partial charge in [0.2, 0.25) is 5.91 Å². The number of alkyl halides is 3. The number of nitrogens with one attached hydrogen (secondary N) is 1. The molecule has 4 N–H and O–H groups in total. The number of fused-ring (bicyclic) bond motifs is 3. The Morgan fingerprint density at radius 1 is 1.32 bits per heavy atom. The van der Waals surface area contributed by atoms with E-state index < -0.39 is 24.0 Å². The van der Waals surface area contributed by atoms with E-state index in [4.69, 9.17) is 10.5 Å². The predicted octanol–water partition coefficient (Wildman–Crippen LogP) is 3.39. The fourth-order valence-corrected chi connectivity index (χ4v) is 5.18. The molecule has 1 fully saturated rings. The highest BCUT2D eigenvalue weighted by molar-refractivity contribution is 9.10. The number of amides is 1. The summed E-state index contributed by atoms with van der Waals surface area (Å²) >= 11 is 3.27. The Morgan fingerprint density at radius 3 is 2.82 bits per heavy atom. The van der Waals surface area contributed by atoms with E-state index in [9.17, 15) is 23.1 Å². The zero-order valence-corrected chi connectivity index (χ0v) is 21.6. The Morgan fingerprint density at radius 2 is 2.11 bits per heavy atom. The van der Waals surface area contributed by atoms with Crippen molar-refractivity contribution in [2.24, 2.45) is 0 Å². The minimum Gasteiger partial charge on any atom is -0.383 e. The van der Waals surface area contributed by atoms with Gasteiger partial charge in [0, 0.05) is 19.0 Å². The van der Waals surface area contributed by atoms with E-state index in [1.54, 1.807) is 27.7 Å². The number of rotatable bonds is 6. The van der Waals surface area contributed by atoms with Crippen molar-refractivity contribution in [2.45, 2.75) is 37.5 Å². The largest absolute Gasteiger partial charge is 0.416 e. The lowest BCUT2D eigenvalue weighted by molar-refractivity contribution is -0.137. The highest BCUT2D eigenvalue weighted by atomic mass is 79.9. The van der Waals surface area contributed by atoms with Gasteiger partial charge in [-0.15, -0.1) is 0 Å². The number of nitrogens with zero attached hydrogens (tertiary/aromatic N) is 5. The maximum atomic E-state index is 13.4. The maximum absolute atomic E-state index is 13.4. The fourth-order valence-electron chi connectivity index (χ4n) is 4.83. The van der Waals surface area contributed by atoms with Crippen molar-refractivity contribution in [3.05, 3.63) is 52.9 Å². The van der Waals surface area contributed by atoms with Crippen LogP contribution in [-0.2, 0) is 22.3 Å². The molecule has 4 aromatic rings. The number of nitrogens with two attached hydrogens (primary N) is 1. The highest BCUT2D eigenvalue weighted by Crippen LogP contribution is 2.37. The lowest BCUT2D eigenvalue weighted by Crippen LogP contribution is -2.47. The third-order valence-electron chi connectivity index (χ3n) is 6.63. The van der Waals surface area contributed by atoms with Gasteiger partial charge in [-0.3, -0.25) is 9.69 Å². The molecule has 3 atom stereocenters. The summed E-state index contributed by atoms with van der Waals surface area (Å²) < 4.78 is 47.9. The summed E-state index contributed by atoms with van der Waals surface area (Å²) in [6.07, 6.45) is -4.55. The van der Waals surface area contributed by atoms with Gasteiger partial charge in [-0.2, -0.15) is 13.2 Å². The Balaban J connectivity index is 1.49. The average molecular weight is 594 g/mol. The second kappa shape index (κ2) is 10.1. The van der Waals surface area contributed by atoms with Crippen LogP contribution in [0.25, 0.3) is 21.9 Å². The number of hydrogen-bond donors (Lipinski definition) is 3. The number of halogens is 4. The molecule has 3 aromatic heterocycles. The summed E-state index contributed by atoms with van der Waals surface area (Å²) in [5.74, 6) is -0.0144. The first-order valence-electron chi connectivity index (χ1n) is 11.6. The van der Waals surface area contributed by atoms with E-state index in [2.05, 4.69) is 36.2 Å². The van der Waals surface area contributed by atoms with Crippen molar-refractivity contribution in [1.29, 1.82) is 0 Å². The number of benzene rings is 1. The number of aromatic nitrogens is 4. The molecule has 14 heteroatoms. The molecule has 4 heterocycles. The molecule has 0 spiro atoms. The third kappa shape index (κ3) is 4.91. The second-order valence-electron chi connectivity index (χ2n) is 8.92. The van der Waals surface area contributed by atoms with E-state index in [0.29, 0.717) is 22.4 Å². The van der Waals surface area contributed by atoms with Gasteiger partial charge in [0.25, 0.3) is 0 Å². The molecule has 1 aromatic carbocycles. The van der Waals surface area contributed by atoms with Gasteiger partial charge in [-0.25, -0.2) is 15.0 Å². The number of aliphatic hydroxyl groups excluding tert-OH is 1. The molecule has 0 radical (unpaired) electrons. The lowest BCUT2D eigenvalue weighted by atomic mass is 10.1. The van der Waals surface area contributed by atoms with Gasteiger partial charge < -0.3 is 25.5 Å². The number of ether oxygens (including phenoxy) is 1. The molecule has 5 rings (SSSR count). The SMILES string of the molecule is CO[C@H]1C[C@@H](C(=O)Nc2cccc(Br)n2)N(C(O)Cn2c3ccc(C(F)(F)F)cc3c3c(N)ncnc32)C1. The zero-order valence-electron chi connectivity index (χ0n) is 20.0. The normalized spacial score (nSPS) is 19.3. The van der Waals surface area contributed by atoms with Gasteiger partial charge in [-0.1, -0.05) is 6.07 Å². The smallest absolute Gasteiger partial charge is 0.383 e. The van der Waals surface area contributed by atoms with Crippen LogP contribution in [0.15, 0.2) is 47.3 Å². The molecule has 200 valence electrons. The molecule has 1 saturated heterocycles. The first-order valence-corrected chi connectivity index (χ1v) is 12.4. The topological polar surface area (TPSA) is 131 Å². The van der Waals surface area contributed by atoms with E-state index >= 15 is 0 Å². The number of nitrogen functional groups attached to an aromatic ring is 1. The van der Waals surface area contributed by atoms with E-state index in [1.807, 2.05) is 0 Å². The number of carbonyl (C=O) groups is 1. The van der Waals surface area contributed by atoms with Crippen LogP contribution in [0.5, 0.6) is 0 Å². The van der Waals surface area contributed by atoms with Crippen molar-refractivity contribution < 1.29 is 27.8 Å². The number of anilines is 2. The first kappa shape index (κ1) is 26.3. The molecular weight excluding hydrogens is 571 g/mol. The van der Waals surface area contributed by atoms with Gasteiger partial charge in [-0.05, 0) is 52.7 Å². The standard InChI is InChI=1S/C24H23BrF3N7O3/c1-38-13-8-16(23(37)33-18-4-2-3-17(25)32-18)34(9-13)19(36)10-35-15-6-5-12(24(26,27)28)7-14(15)20-21(29)30-11-31-22(20)35/h2-7,11,13,16,19,36H,8-10H2,1H3,(H2,29,30,31)(H,32,33,37)/t13-,16-,19?/m0/s1. The van der Waals surface area contributed by atoms with E-state index in [1.165, 1.54) is 19.5 Å². The summed E-state index contributed by atoms with van der Waals surface area (Å²) in [5.41, 5.74) is 5.85. The van der Waals surface area contributed by atoms with Crippen LogP contribution < -0.4 is 11.1 Å². The number of methoxy groups -OCH3 is 1. The van der Waals surface area contributed by atoms with Gasteiger partial charge in [0.15, 0.2) is 0 Å². The summed E-state index contributed by atoms with van der Waals surface area (Å²) in [4.78, 5) is 27.2. The quantitative estimate of drug-likeness (QED) is 0.290. The average Bonchev–Trinajstić information content (AvgIpc) is 3.44. The van der Waals surface area contributed by atoms with Crippen molar-refractivity contribution >= 4 is 55.4 Å². The minimum atomic E-state index is -4.55. The molecule has 38 heavy (non-hydrogen) atoms. The first-order chi connectivity index (χ1) is 18.1. The zero-order chi connectivity index (χ0) is 27.2. The van der Waals surface area contributed by atoms with Crippen LogP contribution in [0.4, 0.5) is 24.8 Å². The highest BCUT2D eigenvalue weighted by Gasteiger charge is 2.41. The third-order valence-corrected chi connectivity index (χ3v) is 7.07. The monoisotopic (exact) mass is 593 g/mol. The van der Waals surface area contributed by atoms with Crippen molar-refractivity contribution in [3.8, 4) is 0 Å². The fraction of sp³-hybridized carbons (Fsp3) is 0.333. The van der Waals surface area contributed by atoms with Crippen molar-refractivity contribution in [3.63, 3.8) is 0 Å². The van der Waals surface area contributed by atoms with Crippen LogP contribution in [0.3, 0.4) is 0 Å². The van der Waals surface area contributed by atoms with Crippen molar-refractivity contribution in [2.75, 3.05) is 24.7 Å². The van der Waals surface area contributed by atoms with Crippen LogP contribution in [0, 0.1) is 0 Å². The molecule has 10 nitrogen and oxygen atoms in total. The van der Waals surface area contributed by atoms with Crippen LogP contribution in [-0.4, -0.2) is 67.5 Å². The predicted molar refractivity (Wildman–Crippen MR) is 137 cm³/mol. The number of carbonyl (C=O) groups excluding carboxylic acids is 1. The molecule has 0 aliphatic carbocycles. The van der Waals surface area contributed by atoms with Crippen LogP contribution in [0.2, 0.25) is 0 Å². The lowest BCUT2D eigenvalue weighted by Gasteiger charge is -2.29. The number of hydrogen-bond acceptors (Lipinski definition) is 8. The van der Waals surface area contributed by atoms with E-state index in [-0.39, 0.29) is 47.3 Å². The number of likely N-dealkylation sites (tertiary alicyclic amines) is 1. The second-order valence-corrected chi connectivity index (χ2v) is 9.73. The minimum absolute atomic E-state index is 0.0203. The Labute approximate surface area is 222 Å². The van der Waals surface area contributed by atoms with Crippen molar-refractivity contribution in [1.82, 2.24) is 24.4 Å². The summed E-state index contributed by atoms with van der Waals surface area (Å²) in [7, 11) is 1.52. The molecular formula is C24H23BrF3N7O3. The molecule has 1 aliphatic heterocycles. The van der Waals surface area contributed by atoms with E-state index in [0.717, 1.165) is 12.1 Å². The summed E-state index contributed by atoms with van der Waals surface area (Å²) in [6.45, 7) is 0.158. The number of pyridine rings is 1. The van der Waals surface area contributed by atoms with Crippen LogP contribution in [0.1, 0.15) is 12.0 Å². The summed E-state index contributed by atoms with van der Waals surface area (Å²) in [6, 6.07) is 7.62. The van der Waals surface area contributed by atoms with Gasteiger partial charge in [0.05, 0.1) is 35.2 Å². The van der Waals surface area contributed by atoms with Gasteiger partial charge >= 0.3 is 6.18 Å². The maximum Gasteiger partial charge on any atom is 0.416 e. The molecule has 0 saturated carbocycles. The van der Waals surface area contributed by atoms with Gasteiger partial charge in [0.1, 0.15) is 34.4 Å². The number of aliphatic hydroxyl groups is 1. The Kier molecular flexibility index (Phi) is 6.98. The molecule has 1 aliphatic rings. The molecule has 1 amide bonds. The Bertz CT molecular complexity index is 1510. The van der Waals surface area contributed by atoms with Crippen LogP contribution >= 0.6 is 15.9 Å².